The number of aryl methyl sites for hydroxylation is 1. The zero-order valence-corrected chi connectivity index (χ0v) is 16.6. The van der Waals surface area contributed by atoms with Crippen LogP contribution in [0.15, 0.2) is 48.7 Å². The molecule has 0 spiro atoms. The van der Waals surface area contributed by atoms with Gasteiger partial charge in [-0.1, -0.05) is 18.2 Å². The molecule has 3 N–H and O–H groups in total. The van der Waals surface area contributed by atoms with Crippen LogP contribution in [0.25, 0.3) is 0 Å². The second-order valence-electron chi connectivity index (χ2n) is 7.18. The van der Waals surface area contributed by atoms with Crippen LogP contribution >= 0.6 is 0 Å². The molecule has 7 nitrogen and oxygen atoms in total. The van der Waals surface area contributed by atoms with Crippen LogP contribution in [0, 0.1) is 6.92 Å². The van der Waals surface area contributed by atoms with E-state index in [2.05, 4.69) is 15.3 Å². The lowest BCUT2D eigenvalue weighted by molar-refractivity contribution is 0.0978. The van der Waals surface area contributed by atoms with E-state index in [1.54, 1.807) is 23.1 Å². The third kappa shape index (κ3) is 4.07. The van der Waals surface area contributed by atoms with Gasteiger partial charge in [-0.3, -0.25) is 9.59 Å². The zero-order valence-electron chi connectivity index (χ0n) is 16.6. The number of hydrogen-bond acceptors (Lipinski definition) is 5. The molecule has 9 heteroatoms. The number of fused-ring (bicyclic) bond motifs is 1. The summed E-state index contributed by atoms with van der Waals surface area (Å²) in [5.41, 5.74) is 8.41. The molecule has 1 aromatic heterocycles. The van der Waals surface area contributed by atoms with Gasteiger partial charge in [0.2, 0.25) is 5.95 Å². The molecule has 2 amide bonds. The van der Waals surface area contributed by atoms with Gasteiger partial charge in [0.05, 0.1) is 11.3 Å². The molecule has 0 unspecified atom stereocenters. The van der Waals surface area contributed by atoms with E-state index >= 15 is 0 Å². The van der Waals surface area contributed by atoms with E-state index in [9.17, 15) is 18.4 Å². The van der Waals surface area contributed by atoms with Crippen molar-refractivity contribution in [1.82, 2.24) is 9.97 Å². The van der Waals surface area contributed by atoms with Gasteiger partial charge in [-0.25, -0.2) is 18.7 Å². The van der Waals surface area contributed by atoms with Crippen molar-refractivity contribution in [2.24, 2.45) is 0 Å². The monoisotopic (exact) mass is 423 g/mol. The summed E-state index contributed by atoms with van der Waals surface area (Å²) >= 11 is 0. The Morgan fingerprint density at radius 1 is 1.23 bits per heavy atom. The number of carbonyl (C=O) groups is 2. The lowest BCUT2D eigenvalue weighted by Crippen LogP contribution is -2.38. The fourth-order valence-corrected chi connectivity index (χ4v) is 3.49. The van der Waals surface area contributed by atoms with E-state index in [0.717, 1.165) is 11.6 Å². The van der Waals surface area contributed by atoms with E-state index in [1.165, 1.54) is 24.4 Å². The summed E-state index contributed by atoms with van der Waals surface area (Å²) in [5, 5.41) is 2.71. The van der Waals surface area contributed by atoms with E-state index < -0.39 is 12.3 Å². The maximum atomic E-state index is 13.0. The molecule has 2 heterocycles. The van der Waals surface area contributed by atoms with Crippen LogP contribution in [0.2, 0.25) is 0 Å². The molecule has 2 aromatic carbocycles. The first kappa shape index (κ1) is 20.4. The Kier molecular flexibility index (Phi) is 5.33. The number of nitrogens with two attached hydrogens (primary N) is 1. The first-order valence-electron chi connectivity index (χ1n) is 9.57. The van der Waals surface area contributed by atoms with Crippen molar-refractivity contribution in [1.29, 1.82) is 0 Å². The second-order valence-corrected chi connectivity index (χ2v) is 7.18. The van der Waals surface area contributed by atoms with Gasteiger partial charge in [-0.05, 0) is 36.8 Å². The van der Waals surface area contributed by atoms with Gasteiger partial charge in [0.1, 0.15) is 0 Å². The van der Waals surface area contributed by atoms with Crippen molar-refractivity contribution in [2.75, 3.05) is 22.5 Å². The Morgan fingerprint density at radius 3 is 2.81 bits per heavy atom. The molecule has 0 fully saturated rings. The molecule has 0 radical (unpaired) electrons. The first-order valence-corrected chi connectivity index (χ1v) is 9.57. The van der Waals surface area contributed by atoms with Gasteiger partial charge >= 0.3 is 0 Å². The Bertz CT molecular complexity index is 1180. The number of nitrogens with zero attached hydrogens (tertiary/aromatic N) is 3. The SMILES string of the molecule is Cc1ccc(NC(=O)c2cccc(C(F)F)c2)cc1N1CCc2nc(N)ncc2C1=O. The van der Waals surface area contributed by atoms with Crippen LogP contribution < -0.4 is 16.0 Å². The van der Waals surface area contributed by atoms with Crippen molar-refractivity contribution in [3.8, 4) is 0 Å². The Labute approximate surface area is 176 Å². The van der Waals surface area contributed by atoms with E-state index in [1.807, 2.05) is 6.92 Å². The molecule has 3 aromatic rings. The topological polar surface area (TPSA) is 101 Å². The summed E-state index contributed by atoms with van der Waals surface area (Å²) in [6.45, 7) is 2.26. The zero-order chi connectivity index (χ0) is 22.1. The van der Waals surface area contributed by atoms with Crippen LogP contribution in [0.3, 0.4) is 0 Å². The maximum absolute atomic E-state index is 13.0. The maximum Gasteiger partial charge on any atom is 0.263 e. The number of amides is 2. The molecule has 158 valence electrons. The number of hydrogen-bond donors (Lipinski definition) is 2. The number of alkyl halides is 2. The van der Waals surface area contributed by atoms with Crippen molar-refractivity contribution in [2.45, 2.75) is 19.8 Å². The third-order valence-corrected chi connectivity index (χ3v) is 5.09. The molecule has 0 bridgehead atoms. The fourth-order valence-electron chi connectivity index (χ4n) is 3.49. The molecule has 0 atom stereocenters. The van der Waals surface area contributed by atoms with Crippen molar-refractivity contribution in [3.05, 3.63) is 76.6 Å². The molecule has 0 aliphatic carbocycles. The van der Waals surface area contributed by atoms with Gasteiger partial charge in [0.25, 0.3) is 18.2 Å². The van der Waals surface area contributed by atoms with Gasteiger partial charge < -0.3 is 16.0 Å². The summed E-state index contributed by atoms with van der Waals surface area (Å²) in [5.74, 6) is -0.647. The molecule has 0 saturated carbocycles. The molecule has 0 saturated heterocycles. The molecule has 1 aliphatic rings. The van der Waals surface area contributed by atoms with Crippen molar-refractivity contribution < 1.29 is 18.4 Å². The average molecular weight is 423 g/mol. The van der Waals surface area contributed by atoms with E-state index in [-0.39, 0.29) is 23.0 Å². The van der Waals surface area contributed by atoms with Gasteiger partial charge in [-0.2, -0.15) is 0 Å². The quantitative estimate of drug-likeness (QED) is 0.665. The van der Waals surface area contributed by atoms with Crippen LogP contribution in [-0.4, -0.2) is 28.3 Å². The second kappa shape index (κ2) is 8.10. The minimum atomic E-state index is -2.66. The highest BCUT2D eigenvalue weighted by Crippen LogP contribution is 2.29. The van der Waals surface area contributed by atoms with Gasteiger partial charge in [0.15, 0.2) is 0 Å². The Balaban J connectivity index is 1.59. The highest BCUT2D eigenvalue weighted by Gasteiger charge is 2.28. The minimum Gasteiger partial charge on any atom is -0.368 e. The summed E-state index contributed by atoms with van der Waals surface area (Å²) in [6, 6.07) is 10.5. The number of aromatic nitrogens is 2. The number of anilines is 3. The van der Waals surface area contributed by atoms with E-state index in [4.69, 9.17) is 5.73 Å². The van der Waals surface area contributed by atoms with Crippen LogP contribution in [0.5, 0.6) is 0 Å². The van der Waals surface area contributed by atoms with Crippen LogP contribution in [0.1, 0.15) is 44.0 Å². The molecular weight excluding hydrogens is 404 g/mol. The summed E-state index contributed by atoms with van der Waals surface area (Å²) < 4.78 is 25.8. The van der Waals surface area contributed by atoms with Crippen LogP contribution in [-0.2, 0) is 6.42 Å². The number of nitrogen functional groups attached to an aromatic ring is 1. The standard InChI is InChI=1S/C22H19F2N5O2/c1-12-5-6-15(27-20(30)14-4-2-3-13(9-14)19(23)24)10-18(12)29-8-7-17-16(21(29)31)11-26-22(25)28-17/h2-6,9-11,19H,7-8H2,1H3,(H,27,30)(H2,25,26,28). The summed E-state index contributed by atoms with van der Waals surface area (Å²) in [7, 11) is 0. The number of nitrogens with one attached hydrogen (secondary N) is 1. The van der Waals surface area contributed by atoms with Crippen LogP contribution in [0.4, 0.5) is 26.1 Å². The molecule has 4 rings (SSSR count). The highest BCUT2D eigenvalue weighted by atomic mass is 19.3. The Morgan fingerprint density at radius 2 is 2.03 bits per heavy atom. The number of rotatable bonds is 4. The lowest BCUT2D eigenvalue weighted by Gasteiger charge is -2.29. The molecule has 1 aliphatic heterocycles. The number of halogens is 2. The molecular formula is C22H19F2N5O2. The van der Waals surface area contributed by atoms with E-state index in [0.29, 0.717) is 35.6 Å². The summed E-state index contributed by atoms with van der Waals surface area (Å²) in [6.07, 6.45) is -0.723. The predicted molar refractivity (Wildman–Crippen MR) is 112 cm³/mol. The first-order chi connectivity index (χ1) is 14.8. The van der Waals surface area contributed by atoms with Gasteiger partial charge in [-0.15, -0.1) is 0 Å². The fraction of sp³-hybridized carbons (Fsp3) is 0.182. The smallest absolute Gasteiger partial charge is 0.263 e. The van der Waals surface area contributed by atoms with Crippen molar-refractivity contribution in [3.63, 3.8) is 0 Å². The largest absolute Gasteiger partial charge is 0.368 e. The molecule has 31 heavy (non-hydrogen) atoms. The number of carbonyl (C=O) groups excluding carboxylic acids is 2. The average Bonchev–Trinajstić information content (AvgIpc) is 2.75. The minimum absolute atomic E-state index is 0.122. The van der Waals surface area contributed by atoms with Gasteiger partial charge in [0, 0.05) is 41.7 Å². The normalized spacial score (nSPS) is 13.3. The Hall–Kier alpha value is -3.88. The summed E-state index contributed by atoms with van der Waals surface area (Å²) in [4.78, 5) is 35.2. The lowest BCUT2D eigenvalue weighted by atomic mass is 10.0. The van der Waals surface area contributed by atoms with Crippen molar-refractivity contribution >= 4 is 29.1 Å². The predicted octanol–water partition coefficient (Wildman–Crippen LogP) is 3.76. The highest BCUT2D eigenvalue weighted by molar-refractivity contribution is 6.09. The number of benzene rings is 2. The third-order valence-electron chi connectivity index (χ3n) is 5.09.